The van der Waals surface area contributed by atoms with E-state index in [1.807, 2.05) is 18.4 Å². The van der Waals surface area contributed by atoms with Crippen LogP contribution in [0.25, 0.3) is 0 Å². The molecule has 2 aromatic rings. The number of carboxylic acids is 1. The van der Waals surface area contributed by atoms with E-state index in [1.54, 1.807) is 31.2 Å². The van der Waals surface area contributed by atoms with Gasteiger partial charge in [0.25, 0.3) is 5.91 Å². The van der Waals surface area contributed by atoms with E-state index in [4.69, 9.17) is 0 Å². The zero-order valence-electron chi connectivity index (χ0n) is 11.7. The van der Waals surface area contributed by atoms with Crippen LogP contribution in [-0.2, 0) is 0 Å². The first-order chi connectivity index (χ1) is 10.0. The number of aryl methyl sites for hydroxylation is 1. The van der Waals surface area contributed by atoms with Crippen molar-refractivity contribution in [1.82, 2.24) is 0 Å². The van der Waals surface area contributed by atoms with Crippen LogP contribution < -0.4 is 5.32 Å². The number of hydrogen-bond acceptors (Lipinski definition) is 3. The first kappa shape index (κ1) is 15.1. The van der Waals surface area contributed by atoms with Gasteiger partial charge in [-0.3, -0.25) is 4.79 Å². The Balaban J connectivity index is 2.38. The third-order valence-corrected chi connectivity index (χ3v) is 3.89. The molecule has 0 atom stereocenters. The van der Waals surface area contributed by atoms with Crippen LogP contribution in [0.15, 0.2) is 47.4 Å². The van der Waals surface area contributed by atoms with Crippen molar-refractivity contribution in [3.05, 3.63) is 59.2 Å². The lowest BCUT2D eigenvalue weighted by atomic mass is 10.1. The van der Waals surface area contributed by atoms with Gasteiger partial charge in [-0.05, 0) is 36.9 Å². The van der Waals surface area contributed by atoms with E-state index in [9.17, 15) is 14.7 Å². The number of anilines is 1. The Kier molecular flexibility index (Phi) is 4.65. The van der Waals surface area contributed by atoms with Gasteiger partial charge in [-0.25, -0.2) is 4.79 Å². The van der Waals surface area contributed by atoms with Crippen molar-refractivity contribution >= 4 is 29.3 Å². The average molecular weight is 301 g/mol. The van der Waals surface area contributed by atoms with Crippen LogP contribution in [0.3, 0.4) is 0 Å². The minimum absolute atomic E-state index is 0.0879. The summed E-state index contributed by atoms with van der Waals surface area (Å²) in [7, 11) is 0. The van der Waals surface area contributed by atoms with E-state index in [0.717, 1.165) is 4.90 Å². The fourth-order valence-electron chi connectivity index (χ4n) is 2.02. The van der Waals surface area contributed by atoms with Gasteiger partial charge < -0.3 is 10.4 Å². The second-order valence-corrected chi connectivity index (χ2v) is 5.31. The van der Waals surface area contributed by atoms with Crippen LogP contribution in [0.5, 0.6) is 0 Å². The molecule has 0 aliphatic carbocycles. The van der Waals surface area contributed by atoms with Crippen molar-refractivity contribution in [1.29, 1.82) is 0 Å². The summed E-state index contributed by atoms with van der Waals surface area (Å²) in [6.45, 7) is 1.77. The molecular weight excluding hydrogens is 286 g/mol. The largest absolute Gasteiger partial charge is 0.478 e. The van der Waals surface area contributed by atoms with Gasteiger partial charge >= 0.3 is 5.97 Å². The summed E-state index contributed by atoms with van der Waals surface area (Å²) in [6.07, 6.45) is 1.89. The Morgan fingerprint density at radius 3 is 2.38 bits per heavy atom. The molecule has 4 nitrogen and oxygen atoms in total. The number of carbonyl (C=O) groups is 2. The molecule has 1 amide bonds. The van der Waals surface area contributed by atoms with Crippen molar-refractivity contribution in [2.24, 2.45) is 0 Å². The summed E-state index contributed by atoms with van der Waals surface area (Å²) >= 11 is 1.47. The first-order valence-corrected chi connectivity index (χ1v) is 7.54. The van der Waals surface area contributed by atoms with Crippen LogP contribution in [-0.4, -0.2) is 23.2 Å². The smallest absolute Gasteiger partial charge is 0.337 e. The lowest BCUT2D eigenvalue weighted by Gasteiger charge is -2.13. The molecule has 0 radical (unpaired) electrons. The van der Waals surface area contributed by atoms with Gasteiger partial charge in [-0.1, -0.05) is 24.3 Å². The average Bonchev–Trinajstić information content (AvgIpc) is 2.48. The standard InChI is InChI=1S/C16H15NO3S/c1-10-6-5-8-12(16(19)20)14(10)17-15(18)11-7-3-4-9-13(11)21-2/h3-9H,1-2H3,(H,17,18)(H,19,20). The monoisotopic (exact) mass is 301 g/mol. The maximum absolute atomic E-state index is 12.4. The zero-order chi connectivity index (χ0) is 15.4. The van der Waals surface area contributed by atoms with Gasteiger partial charge in [0.2, 0.25) is 0 Å². The van der Waals surface area contributed by atoms with Gasteiger partial charge in [0.15, 0.2) is 0 Å². The number of hydrogen-bond donors (Lipinski definition) is 2. The summed E-state index contributed by atoms with van der Waals surface area (Å²) in [6, 6.07) is 12.1. The highest BCUT2D eigenvalue weighted by atomic mass is 32.2. The van der Waals surface area contributed by atoms with E-state index in [1.165, 1.54) is 17.8 Å². The summed E-state index contributed by atoms with van der Waals surface area (Å²) in [5.74, 6) is -1.37. The zero-order valence-corrected chi connectivity index (χ0v) is 12.5. The molecule has 108 valence electrons. The van der Waals surface area contributed by atoms with Gasteiger partial charge in [0.1, 0.15) is 0 Å². The van der Waals surface area contributed by atoms with Gasteiger partial charge in [0, 0.05) is 4.90 Å². The summed E-state index contributed by atoms with van der Waals surface area (Å²) in [4.78, 5) is 24.5. The van der Waals surface area contributed by atoms with E-state index in [2.05, 4.69) is 5.32 Å². The first-order valence-electron chi connectivity index (χ1n) is 6.32. The quantitative estimate of drug-likeness (QED) is 0.846. The minimum Gasteiger partial charge on any atom is -0.478 e. The molecule has 0 unspecified atom stereocenters. The lowest BCUT2D eigenvalue weighted by Crippen LogP contribution is -2.16. The number of thioether (sulfide) groups is 1. The molecule has 0 heterocycles. The molecule has 2 aromatic carbocycles. The third kappa shape index (κ3) is 3.25. The number of carbonyl (C=O) groups excluding carboxylic acids is 1. The van der Waals surface area contributed by atoms with E-state index in [0.29, 0.717) is 16.8 Å². The van der Waals surface area contributed by atoms with Gasteiger partial charge in [-0.2, -0.15) is 0 Å². The molecule has 21 heavy (non-hydrogen) atoms. The van der Waals surface area contributed by atoms with Gasteiger partial charge in [0.05, 0.1) is 16.8 Å². The fraction of sp³-hybridized carbons (Fsp3) is 0.125. The van der Waals surface area contributed by atoms with Crippen LogP contribution in [0.2, 0.25) is 0 Å². The number of amides is 1. The Bertz CT molecular complexity index is 698. The van der Waals surface area contributed by atoms with Crippen molar-refractivity contribution in [2.75, 3.05) is 11.6 Å². The molecule has 0 aliphatic rings. The molecule has 0 saturated carbocycles. The summed E-state index contributed by atoms with van der Waals surface area (Å²) < 4.78 is 0. The van der Waals surface area contributed by atoms with Crippen molar-refractivity contribution in [3.63, 3.8) is 0 Å². The number of para-hydroxylation sites is 1. The molecule has 5 heteroatoms. The van der Waals surface area contributed by atoms with Crippen molar-refractivity contribution < 1.29 is 14.7 Å². The lowest BCUT2D eigenvalue weighted by molar-refractivity contribution is 0.0698. The van der Waals surface area contributed by atoms with E-state index >= 15 is 0 Å². The third-order valence-electron chi connectivity index (χ3n) is 3.09. The SMILES string of the molecule is CSc1ccccc1C(=O)Nc1c(C)cccc1C(=O)O. The maximum atomic E-state index is 12.4. The Labute approximate surface area is 127 Å². The Morgan fingerprint density at radius 1 is 1.05 bits per heavy atom. The number of benzene rings is 2. The van der Waals surface area contributed by atoms with Crippen LogP contribution >= 0.6 is 11.8 Å². The molecular formula is C16H15NO3S. The number of rotatable bonds is 4. The van der Waals surface area contributed by atoms with Crippen LogP contribution in [0.1, 0.15) is 26.3 Å². The van der Waals surface area contributed by atoms with Gasteiger partial charge in [-0.15, -0.1) is 11.8 Å². The maximum Gasteiger partial charge on any atom is 0.337 e. The predicted octanol–water partition coefficient (Wildman–Crippen LogP) is 3.67. The molecule has 0 saturated heterocycles. The highest BCUT2D eigenvalue weighted by molar-refractivity contribution is 7.98. The topological polar surface area (TPSA) is 66.4 Å². The summed E-state index contributed by atoms with van der Waals surface area (Å²) in [5, 5.41) is 11.9. The summed E-state index contributed by atoms with van der Waals surface area (Å²) in [5.41, 5.74) is 1.67. The second-order valence-electron chi connectivity index (χ2n) is 4.46. The number of nitrogens with one attached hydrogen (secondary N) is 1. The number of carboxylic acid groups (broad SMARTS) is 1. The van der Waals surface area contributed by atoms with Crippen LogP contribution in [0.4, 0.5) is 5.69 Å². The molecule has 0 fully saturated rings. The Hall–Kier alpha value is -2.27. The molecule has 0 aromatic heterocycles. The minimum atomic E-state index is -1.06. The molecule has 0 bridgehead atoms. The second kappa shape index (κ2) is 6.45. The predicted molar refractivity (Wildman–Crippen MR) is 84.3 cm³/mol. The molecule has 2 N–H and O–H groups in total. The molecule has 0 aliphatic heterocycles. The van der Waals surface area contributed by atoms with E-state index in [-0.39, 0.29) is 11.5 Å². The Morgan fingerprint density at radius 2 is 1.71 bits per heavy atom. The van der Waals surface area contributed by atoms with Crippen LogP contribution in [0, 0.1) is 6.92 Å². The molecule has 2 rings (SSSR count). The van der Waals surface area contributed by atoms with Crippen molar-refractivity contribution in [3.8, 4) is 0 Å². The fourth-order valence-corrected chi connectivity index (χ4v) is 2.62. The van der Waals surface area contributed by atoms with E-state index < -0.39 is 5.97 Å². The number of aromatic carboxylic acids is 1. The van der Waals surface area contributed by atoms with Crippen molar-refractivity contribution in [2.45, 2.75) is 11.8 Å². The normalized spacial score (nSPS) is 10.2. The highest BCUT2D eigenvalue weighted by Gasteiger charge is 2.16. The molecule has 0 spiro atoms. The highest BCUT2D eigenvalue weighted by Crippen LogP contribution is 2.24.